The van der Waals surface area contributed by atoms with Crippen LogP contribution in [0.25, 0.3) is 0 Å². The molecule has 0 aromatic heterocycles. The largest absolute Gasteiger partial charge is 0.392 e. The van der Waals surface area contributed by atoms with Crippen LogP contribution in [0.1, 0.15) is 24.8 Å². The molecule has 1 aliphatic heterocycles. The first-order valence-corrected chi connectivity index (χ1v) is 7.46. The minimum Gasteiger partial charge on any atom is -0.392 e. The third kappa shape index (κ3) is 3.38. The van der Waals surface area contributed by atoms with Gasteiger partial charge in [-0.25, -0.2) is 0 Å². The summed E-state index contributed by atoms with van der Waals surface area (Å²) in [5.41, 5.74) is 1.19. The predicted octanol–water partition coefficient (Wildman–Crippen LogP) is 1.24. The highest BCUT2D eigenvalue weighted by Crippen LogP contribution is 2.28. The number of hydrogen-bond acceptors (Lipinski definition) is 3. The van der Waals surface area contributed by atoms with Gasteiger partial charge in [-0.1, -0.05) is 30.3 Å². The van der Waals surface area contributed by atoms with Crippen molar-refractivity contribution >= 4 is 5.91 Å². The number of β-amino-alcohol motifs (C(OH)–C–C–N with tert-alkyl or cyclic N) is 1. The number of benzene rings is 1. The zero-order valence-electron chi connectivity index (χ0n) is 11.7. The Morgan fingerprint density at radius 1 is 1.25 bits per heavy atom. The van der Waals surface area contributed by atoms with Crippen LogP contribution in [0, 0.1) is 0 Å². The molecule has 3 rings (SSSR count). The molecule has 1 saturated heterocycles. The second-order valence-corrected chi connectivity index (χ2v) is 5.92. The van der Waals surface area contributed by atoms with E-state index < -0.39 is 0 Å². The number of aliphatic hydroxyl groups excluding tert-OH is 1. The van der Waals surface area contributed by atoms with E-state index in [0.29, 0.717) is 25.7 Å². The maximum atomic E-state index is 12.5. The molecular weight excluding hydrogens is 252 g/mol. The first-order valence-electron chi connectivity index (χ1n) is 7.46. The van der Waals surface area contributed by atoms with Gasteiger partial charge < -0.3 is 10.0 Å². The lowest BCUT2D eigenvalue weighted by atomic mass is 10.2. The van der Waals surface area contributed by atoms with E-state index >= 15 is 0 Å². The van der Waals surface area contributed by atoms with E-state index in [4.69, 9.17) is 0 Å². The minimum atomic E-state index is -0.258. The molecule has 4 heteroatoms. The number of amides is 1. The molecule has 0 spiro atoms. The maximum absolute atomic E-state index is 12.5. The molecule has 1 atom stereocenters. The third-order valence-electron chi connectivity index (χ3n) is 4.11. The lowest BCUT2D eigenvalue weighted by Gasteiger charge is -2.25. The van der Waals surface area contributed by atoms with Gasteiger partial charge in [-0.3, -0.25) is 9.69 Å². The van der Waals surface area contributed by atoms with Crippen LogP contribution < -0.4 is 0 Å². The van der Waals surface area contributed by atoms with Gasteiger partial charge in [0.2, 0.25) is 5.91 Å². The van der Waals surface area contributed by atoms with E-state index in [-0.39, 0.29) is 12.0 Å². The van der Waals surface area contributed by atoms with E-state index in [9.17, 15) is 9.90 Å². The number of rotatable bonds is 5. The van der Waals surface area contributed by atoms with Gasteiger partial charge in [0.25, 0.3) is 0 Å². The van der Waals surface area contributed by atoms with Crippen molar-refractivity contribution in [2.45, 2.75) is 38.0 Å². The highest BCUT2D eigenvalue weighted by molar-refractivity contribution is 5.79. The molecule has 1 aromatic rings. The van der Waals surface area contributed by atoms with Crippen molar-refractivity contribution in [2.24, 2.45) is 0 Å². The Labute approximate surface area is 120 Å². The zero-order chi connectivity index (χ0) is 13.9. The molecule has 4 nitrogen and oxygen atoms in total. The van der Waals surface area contributed by atoms with Crippen LogP contribution in [0.2, 0.25) is 0 Å². The quantitative estimate of drug-likeness (QED) is 0.878. The average molecular weight is 274 g/mol. The summed E-state index contributed by atoms with van der Waals surface area (Å²) < 4.78 is 0. The van der Waals surface area contributed by atoms with Crippen LogP contribution in [0.15, 0.2) is 30.3 Å². The summed E-state index contributed by atoms with van der Waals surface area (Å²) >= 11 is 0. The Kier molecular flexibility index (Phi) is 4.03. The molecule has 1 aliphatic carbocycles. The van der Waals surface area contributed by atoms with Crippen LogP contribution in [-0.2, 0) is 11.3 Å². The monoisotopic (exact) mass is 274 g/mol. The normalized spacial score (nSPS) is 22.9. The van der Waals surface area contributed by atoms with E-state index in [0.717, 1.165) is 25.8 Å². The molecule has 1 amide bonds. The summed E-state index contributed by atoms with van der Waals surface area (Å²) in [5, 5.41) is 9.54. The summed E-state index contributed by atoms with van der Waals surface area (Å²) in [6.07, 6.45) is 2.78. The molecular formula is C16H22N2O2. The molecule has 0 bridgehead atoms. The van der Waals surface area contributed by atoms with Gasteiger partial charge >= 0.3 is 0 Å². The second-order valence-electron chi connectivity index (χ2n) is 5.92. The molecule has 1 N–H and O–H groups in total. The van der Waals surface area contributed by atoms with Crippen molar-refractivity contribution in [1.82, 2.24) is 9.80 Å². The smallest absolute Gasteiger partial charge is 0.237 e. The van der Waals surface area contributed by atoms with Crippen LogP contribution in [0.4, 0.5) is 0 Å². The Morgan fingerprint density at radius 2 is 2.00 bits per heavy atom. The Bertz CT molecular complexity index is 459. The summed E-state index contributed by atoms with van der Waals surface area (Å²) in [6.45, 7) is 2.62. The predicted molar refractivity (Wildman–Crippen MR) is 77.1 cm³/mol. The summed E-state index contributed by atoms with van der Waals surface area (Å²) in [4.78, 5) is 16.6. The molecule has 1 aromatic carbocycles. The Balaban J connectivity index is 1.60. The van der Waals surface area contributed by atoms with Crippen molar-refractivity contribution in [2.75, 3.05) is 19.6 Å². The molecule has 1 saturated carbocycles. The molecule has 2 fully saturated rings. The Hall–Kier alpha value is -1.39. The fourth-order valence-electron chi connectivity index (χ4n) is 2.83. The van der Waals surface area contributed by atoms with Crippen LogP contribution in [0.3, 0.4) is 0 Å². The van der Waals surface area contributed by atoms with Gasteiger partial charge in [0.05, 0.1) is 12.6 Å². The number of carbonyl (C=O) groups excluding carboxylic acids is 1. The van der Waals surface area contributed by atoms with E-state index in [2.05, 4.69) is 17.0 Å². The summed E-state index contributed by atoms with van der Waals surface area (Å²) in [7, 11) is 0. The first-order chi connectivity index (χ1) is 9.72. The molecule has 108 valence electrons. The maximum Gasteiger partial charge on any atom is 0.237 e. The van der Waals surface area contributed by atoms with Crippen LogP contribution in [-0.4, -0.2) is 52.6 Å². The van der Waals surface area contributed by atoms with Crippen molar-refractivity contribution in [3.8, 4) is 0 Å². The van der Waals surface area contributed by atoms with Gasteiger partial charge in [-0.05, 0) is 24.8 Å². The zero-order valence-corrected chi connectivity index (χ0v) is 11.7. The topological polar surface area (TPSA) is 43.8 Å². The number of carbonyl (C=O) groups is 1. The Morgan fingerprint density at radius 3 is 2.60 bits per heavy atom. The summed E-state index contributed by atoms with van der Waals surface area (Å²) in [5.74, 6) is 0.199. The molecule has 0 radical (unpaired) electrons. The lowest BCUT2D eigenvalue weighted by Crippen LogP contribution is -2.40. The SMILES string of the molecule is O=C(CN1CC[C@H](O)C1)N(Cc1ccccc1)C1CC1. The average Bonchev–Trinajstić information content (AvgIpc) is 3.21. The first kappa shape index (κ1) is 13.6. The number of aliphatic hydroxyl groups is 1. The van der Waals surface area contributed by atoms with E-state index in [1.54, 1.807) is 0 Å². The van der Waals surface area contributed by atoms with Crippen LogP contribution in [0.5, 0.6) is 0 Å². The lowest BCUT2D eigenvalue weighted by molar-refractivity contribution is -0.133. The fourth-order valence-corrected chi connectivity index (χ4v) is 2.83. The minimum absolute atomic E-state index is 0.199. The van der Waals surface area contributed by atoms with Gasteiger partial charge in [-0.2, -0.15) is 0 Å². The highest BCUT2D eigenvalue weighted by Gasteiger charge is 2.33. The molecule has 0 unspecified atom stereocenters. The molecule has 2 aliphatic rings. The number of likely N-dealkylation sites (tertiary alicyclic amines) is 1. The van der Waals surface area contributed by atoms with Crippen molar-refractivity contribution in [3.63, 3.8) is 0 Å². The third-order valence-corrected chi connectivity index (χ3v) is 4.11. The van der Waals surface area contributed by atoms with Gasteiger partial charge in [0.15, 0.2) is 0 Å². The summed E-state index contributed by atoms with van der Waals surface area (Å²) in [6, 6.07) is 10.6. The number of hydrogen-bond donors (Lipinski definition) is 1. The standard InChI is InChI=1S/C16H22N2O2/c19-15-8-9-17(11-15)12-16(20)18(14-6-7-14)10-13-4-2-1-3-5-13/h1-5,14-15,19H,6-12H2/t15-/m0/s1. The van der Waals surface area contributed by atoms with Crippen LogP contribution >= 0.6 is 0 Å². The van der Waals surface area contributed by atoms with E-state index in [1.807, 2.05) is 23.1 Å². The van der Waals surface area contributed by atoms with E-state index in [1.165, 1.54) is 5.56 Å². The fraction of sp³-hybridized carbons (Fsp3) is 0.562. The highest BCUT2D eigenvalue weighted by atomic mass is 16.3. The second kappa shape index (κ2) is 5.94. The van der Waals surface area contributed by atoms with Crippen molar-refractivity contribution in [3.05, 3.63) is 35.9 Å². The number of nitrogens with zero attached hydrogens (tertiary/aromatic N) is 2. The van der Waals surface area contributed by atoms with Crippen molar-refractivity contribution < 1.29 is 9.90 Å². The van der Waals surface area contributed by atoms with Crippen molar-refractivity contribution in [1.29, 1.82) is 0 Å². The van der Waals surface area contributed by atoms with Gasteiger partial charge in [0.1, 0.15) is 0 Å². The van der Waals surface area contributed by atoms with Gasteiger partial charge in [-0.15, -0.1) is 0 Å². The molecule has 20 heavy (non-hydrogen) atoms. The van der Waals surface area contributed by atoms with Gasteiger partial charge in [0, 0.05) is 25.7 Å². The molecule has 1 heterocycles.